The second-order valence-electron chi connectivity index (χ2n) is 3.42. The van der Waals surface area contributed by atoms with Crippen molar-refractivity contribution in [2.75, 3.05) is 20.1 Å². The molecule has 1 fully saturated rings. The molecule has 0 saturated carbocycles. The third-order valence-electron chi connectivity index (χ3n) is 2.47. The van der Waals surface area contributed by atoms with E-state index in [1.54, 1.807) is 6.92 Å². The summed E-state index contributed by atoms with van der Waals surface area (Å²) in [5, 5.41) is 3.13. The van der Waals surface area contributed by atoms with Gasteiger partial charge in [0.15, 0.2) is 0 Å². The molecule has 0 unspecified atom stereocenters. The number of amides is 1. The van der Waals surface area contributed by atoms with Crippen molar-refractivity contribution in [1.29, 1.82) is 0 Å². The van der Waals surface area contributed by atoms with Gasteiger partial charge in [-0.25, -0.2) is 0 Å². The van der Waals surface area contributed by atoms with Crippen LogP contribution in [0.4, 0.5) is 0 Å². The lowest BCUT2D eigenvalue weighted by Crippen LogP contribution is -2.47. The monoisotopic (exact) mass is 170 g/mol. The van der Waals surface area contributed by atoms with Crippen molar-refractivity contribution >= 4 is 5.91 Å². The number of likely N-dealkylation sites (tertiary alicyclic amines) is 1. The summed E-state index contributed by atoms with van der Waals surface area (Å²) < 4.78 is 0. The molecule has 1 amide bonds. The van der Waals surface area contributed by atoms with Crippen LogP contribution in [0.3, 0.4) is 0 Å². The fraction of sp³-hybridized carbons (Fsp3) is 0.889. The summed E-state index contributed by atoms with van der Waals surface area (Å²) in [4.78, 5) is 13.2. The van der Waals surface area contributed by atoms with Crippen LogP contribution >= 0.6 is 0 Å². The van der Waals surface area contributed by atoms with Crippen molar-refractivity contribution < 1.29 is 4.79 Å². The Balaban J connectivity index is 2.48. The SMILES string of the molecule is CNC[C@@H]1CCCCN1C(C)=O. The minimum atomic E-state index is 0.218. The molecule has 1 aliphatic heterocycles. The lowest BCUT2D eigenvalue weighted by atomic mass is 10.0. The van der Waals surface area contributed by atoms with Gasteiger partial charge >= 0.3 is 0 Å². The number of likely N-dealkylation sites (N-methyl/N-ethyl adjacent to an activating group) is 1. The number of carbonyl (C=O) groups is 1. The first kappa shape index (κ1) is 9.52. The molecule has 12 heavy (non-hydrogen) atoms. The quantitative estimate of drug-likeness (QED) is 0.658. The van der Waals surface area contributed by atoms with E-state index < -0.39 is 0 Å². The molecular weight excluding hydrogens is 152 g/mol. The predicted octanol–water partition coefficient (Wildman–Crippen LogP) is 0.607. The van der Waals surface area contributed by atoms with Crippen LogP contribution in [0.25, 0.3) is 0 Å². The van der Waals surface area contributed by atoms with Crippen molar-refractivity contribution in [2.24, 2.45) is 0 Å². The van der Waals surface area contributed by atoms with Gasteiger partial charge in [-0.2, -0.15) is 0 Å². The first-order chi connectivity index (χ1) is 5.75. The van der Waals surface area contributed by atoms with Crippen LogP contribution in [0.1, 0.15) is 26.2 Å². The molecular formula is C9H18N2O. The van der Waals surface area contributed by atoms with E-state index in [-0.39, 0.29) is 5.91 Å². The van der Waals surface area contributed by atoms with Crippen molar-refractivity contribution in [3.8, 4) is 0 Å². The molecule has 0 bridgehead atoms. The molecule has 0 aromatic rings. The molecule has 1 N–H and O–H groups in total. The van der Waals surface area contributed by atoms with E-state index in [2.05, 4.69) is 5.32 Å². The van der Waals surface area contributed by atoms with Gasteiger partial charge < -0.3 is 10.2 Å². The largest absolute Gasteiger partial charge is 0.339 e. The molecule has 0 aliphatic carbocycles. The zero-order valence-electron chi connectivity index (χ0n) is 7.97. The summed E-state index contributed by atoms with van der Waals surface area (Å²) >= 11 is 0. The molecule has 1 saturated heterocycles. The molecule has 3 nitrogen and oxygen atoms in total. The lowest BCUT2D eigenvalue weighted by molar-refractivity contribution is -0.132. The highest BCUT2D eigenvalue weighted by Crippen LogP contribution is 2.16. The van der Waals surface area contributed by atoms with E-state index in [1.807, 2.05) is 11.9 Å². The fourth-order valence-corrected chi connectivity index (χ4v) is 1.86. The zero-order chi connectivity index (χ0) is 8.97. The predicted molar refractivity (Wildman–Crippen MR) is 49.0 cm³/mol. The van der Waals surface area contributed by atoms with Gasteiger partial charge in [-0.15, -0.1) is 0 Å². The highest BCUT2D eigenvalue weighted by atomic mass is 16.2. The number of carbonyl (C=O) groups excluding carboxylic acids is 1. The van der Waals surface area contributed by atoms with Gasteiger partial charge in [0.2, 0.25) is 5.91 Å². The Morgan fingerprint density at radius 2 is 2.33 bits per heavy atom. The Bertz CT molecular complexity index is 157. The van der Waals surface area contributed by atoms with Gasteiger partial charge in [-0.1, -0.05) is 0 Å². The summed E-state index contributed by atoms with van der Waals surface area (Å²) in [5.74, 6) is 0.218. The average molecular weight is 170 g/mol. The Hall–Kier alpha value is -0.570. The van der Waals surface area contributed by atoms with Gasteiger partial charge in [0, 0.05) is 26.1 Å². The van der Waals surface area contributed by atoms with Crippen LogP contribution in [0.5, 0.6) is 0 Å². The van der Waals surface area contributed by atoms with E-state index in [0.717, 1.165) is 19.5 Å². The number of nitrogens with zero attached hydrogens (tertiary/aromatic N) is 1. The Morgan fingerprint density at radius 1 is 1.58 bits per heavy atom. The van der Waals surface area contributed by atoms with Gasteiger partial charge in [0.05, 0.1) is 0 Å². The van der Waals surface area contributed by atoms with Crippen molar-refractivity contribution in [1.82, 2.24) is 10.2 Å². The van der Waals surface area contributed by atoms with Crippen LogP contribution in [0.2, 0.25) is 0 Å². The van der Waals surface area contributed by atoms with Gasteiger partial charge in [0.1, 0.15) is 0 Å². The highest BCUT2D eigenvalue weighted by Gasteiger charge is 2.22. The van der Waals surface area contributed by atoms with Crippen molar-refractivity contribution in [3.05, 3.63) is 0 Å². The topological polar surface area (TPSA) is 32.3 Å². The lowest BCUT2D eigenvalue weighted by Gasteiger charge is -2.34. The standard InChI is InChI=1S/C9H18N2O/c1-8(12)11-6-4-3-5-9(11)7-10-2/h9-10H,3-7H2,1-2H3/t9-/m0/s1. The summed E-state index contributed by atoms with van der Waals surface area (Å²) in [6.45, 7) is 3.54. The second-order valence-corrected chi connectivity index (χ2v) is 3.42. The van der Waals surface area contributed by atoms with Crippen LogP contribution in [0.15, 0.2) is 0 Å². The van der Waals surface area contributed by atoms with Gasteiger partial charge in [-0.3, -0.25) is 4.79 Å². The minimum Gasteiger partial charge on any atom is -0.339 e. The average Bonchev–Trinajstić information content (AvgIpc) is 2.05. The number of rotatable bonds is 2. The Labute approximate surface area is 74.1 Å². The summed E-state index contributed by atoms with van der Waals surface area (Å²) in [6.07, 6.45) is 3.58. The highest BCUT2D eigenvalue weighted by molar-refractivity contribution is 5.73. The summed E-state index contributed by atoms with van der Waals surface area (Å²) in [7, 11) is 1.94. The molecule has 0 aromatic carbocycles. The molecule has 1 rings (SSSR count). The fourth-order valence-electron chi connectivity index (χ4n) is 1.86. The smallest absolute Gasteiger partial charge is 0.219 e. The second kappa shape index (κ2) is 4.45. The maximum absolute atomic E-state index is 11.2. The molecule has 3 heteroatoms. The number of hydrogen-bond acceptors (Lipinski definition) is 2. The van der Waals surface area contributed by atoms with Gasteiger partial charge in [0.25, 0.3) is 0 Å². The molecule has 1 aliphatic rings. The summed E-state index contributed by atoms with van der Waals surface area (Å²) in [6, 6.07) is 0.432. The van der Waals surface area contributed by atoms with E-state index in [1.165, 1.54) is 12.8 Å². The Morgan fingerprint density at radius 3 is 2.92 bits per heavy atom. The maximum Gasteiger partial charge on any atom is 0.219 e. The molecule has 1 heterocycles. The van der Waals surface area contributed by atoms with Crippen molar-refractivity contribution in [2.45, 2.75) is 32.2 Å². The van der Waals surface area contributed by atoms with E-state index >= 15 is 0 Å². The van der Waals surface area contributed by atoms with E-state index in [9.17, 15) is 4.79 Å². The first-order valence-corrected chi connectivity index (χ1v) is 4.67. The Kier molecular flexibility index (Phi) is 3.53. The third kappa shape index (κ3) is 2.21. The normalized spacial score (nSPS) is 24.2. The van der Waals surface area contributed by atoms with E-state index in [0.29, 0.717) is 6.04 Å². The molecule has 70 valence electrons. The zero-order valence-corrected chi connectivity index (χ0v) is 7.97. The summed E-state index contributed by atoms with van der Waals surface area (Å²) in [5.41, 5.74) is 0. The van der Waals surface area contributed by atoms with Crippen LogP contribution in [0, 0.1) is 0 Å². The van der Waals surface area contributed by atoms with Gasteiger partial charge in [-0.05, 0) is 26.3 Å². The number of hydrogen-bond donors (Lipinski definition) is 1. The van der Waals surface area contributed by atoms with E-state index in [4.69, 9.17) is 0 Å². The number of piperidine rings is 1. The van der Waals surface area contributed by atoms with Crippen LogP contribution < -0.4 is 5.32 Å². The molecule has 1 atom stereocenters. The first-order valence-electron chi connectivity index (χ1n) is 4.67. The van der Waals surface area contributed by atoms with Crippen LogP contribution in [-0.4, -0.2) is 37.0 Å². The number of nitrogens with one attached hydrogen (secondary N) is 1. The molecule has 0 spiro atoms. The van der Waals surface area contributed by atoms with Crippen molar-refractivity contribution in [3.63, 3.8) is 0 Å². The maximum atomic E-state index is 11.2. The molecule has 0 aromatic heterocycles. The van der Waals surface area contributed by atoms with Crippen LogP contribution in [-0.2, 0) is 4.79 Å². The molecule has 0 radical (unpaired) electrons. The minimum absolute atomic E-state index is 0.218. The third-order valence-corrected chi connectivity index (χ3v) is 2.47.